The van der Waals surface area contributed by atoms with Gasteiger partial charge in [-0.2, -0.15) is 5.10 Å². The van der Waals surface area contributed by atoms with E-state index in [4.69, 9.17) is 0 Å². The summed E-state index contributed by atoms with van der Waals surface area (Å²) >= 11 is 0. The van der Waals surface area contributed by atoms with Gasteiger partial charge in [-0.25, -0.2) is 0 Å². The van der Waals surface area contributed by atoms with Crippen LogP contribution >= 0.6 is 0 Å². The van der Waals surface area contributed by atoms with Gasteiger partial charge in [-0.3, -0.25) is 14.7 Å². The van der Waals surface area contributed by atoms with Crippen molar-refractivity contribution in [2.24, 2.45) is 0 Å². The second kappa shape index (κ2) is 6.47. The Bertz CT molecular complexity index is 781. The van der Waals surface area contributed by atoms with Crippen LogP contribution in [0.15, 0.2) is 24.3 Å². The molecule has 0 spiro atoms. The number of aryl methyl sites for hydroxylation is 2. The molecule has 0 bridgehead atoms. The molecule has 2 heterocycles. The first-order valence-corrected chi connectivity index (χ1v) is 8.12. The van der Waals surface area contributed by atoms with Crippen LogP contribution in [0, 0.1) is 13.8 Å². The Morgan fingerprint density at radius 2 is 2.08 bits per heavy atom. The standard InChI is InChI=1S/C18H22N4O2/c1-11-4-5-13(8-12(11)2)15-9-16(21-20-15)18(24)19-14-6-7-17(23)22(3)10-14/h4-5,8-9,14H,6-7,10H2,1-3H3,(H,19,24)(H,20,21). The van der Waals surface area contributed by atoms with Crippen molar-refractivity contribution in [2.75, 3.05) is 13.6 Å². The van der Waals surface area contributed by atoms with Gasteiger partial charge in [0.25, 0.3) is 5.91 Å². The second-order valence-corrected chi connectivity index (χ2v) is 6.45. The predicted octanol–water partition coefficient (Wildman–Crippen LogP) is 2.04. The lowest BCUT2D eigenvalue weighted by atomic mass is 10.0. The van der Waals surface area contributed by atoms with Gasteiger partial charge >= 0.3 is 0 Å². The molecule has 1 aliphatic rings. The third-order valence-electron chi connectivity index (χ3n) is 4.59. The Morgan fingerprint density at radius 1 is 1.29 bits per heavy atom. The number of carbonyl (C=O) groups excluding carboxylic acids is 2. The number of rotatable bonds is 3. The highest BCUT2D eigenvalue weighted by Crippen LogP contribution is 2.21. The molecule has 0 saturated carbocycles. The van der Waals surface area contributed by atoms with Crippen molar-refractivity contribution in [2.45, 2.75) is 32.7 Å². The second-order valence-electron chi connectivity index (χ2n) is 6.45. The molecule has 126 valence electrons. The summed E-state index contributed by atoms with van der Waals surface area (Å²) < 4.78 is 0. The van der Waals surface area contributed by atoms with E-state index in [1.807, 2.05) is 12.1 Å². The SMILES string of the molecule is Cc1ccc(-c2cc(C(=O)NC3CCC(=O)N(C)C3)[nH]n2)cc1C. The summed E-state index contributed by atoms with van der Waals surface area (Å²) in [4.78, 5) is 25.5. The molecule has 3 rings (SSSR count). The maximum absolute atomic E-state index is 12.4. The maximum Gasteiger partial charge on any atom is 0.269 e. The number of nitrogens with one attached hydrogen (secondary N) is 2. The molecule has 2 aromatic rings. The summed E-state index contributed by atoms with van der Waals surface area (Å²) in [6.07, 6.45) is 1.14. The van der Waals surface area contributed by atoms with Crippen molar-refractivity contribution in [3.63, 3.8) is 0 Å². The first-order valence-electron chi connectivity index (χ1n) is 8.12. The van der Waals surface area contributed by atoms with E-state index in [1.165, 1.54) is 11.1 Å². The molecule has 24 heavy (non-hydrogen) atoms. The minimum absolute atomic E-state index is 0.0198. The lowest BCUT2D eigenvalue weighted by Gasteiger charge is -2.29. The zero-order valence-electron chi connectivity index (χ0n) is 14.2. The van der Waals surface area contributed by atoms with E-state index < -0.39 is 0 Å². The van der Waals surface area contributed by atoms with E-state index in [1.54, 1.807) is 18.0 Å². The smallest absolute Gasteiger partial charge is 0.269 e. The van der Waals surface area contributed by atoms with Crippen molar-refractivity contribution >= 4 is 11.8 Å². The fourth-order valence-electron chi connectivity index (χ4n) is 2.88. The molecule has 0 radical (unpaired) electrons. The summed E-state index contributed by atoms with van der Waals surface area (Å²) in [5, 5.41) is 10.0. The molecule has 1 aromatic heterocycles. The quantitative estimate of drug-likeness (QED) is 0.906. The zero-order valence-corrected chi connectivity index (χ0v) is 14.2. The fourth-order valence-corrected chi connectivity index (χ4v) is 2.88. The largest absolute Gasteiger partial charge is 0.346 e. The van der Waals surface area contributed by atoms with E-state index in [-0.39, 0.29) is 17.9 Å². The lowest BCUT2D eigenvalue weighted by molar-refractivity contribution is -0.132. The molecule has 1 unspecified atom stereocenters. The number of aromatic amines is 1. The number of amides is 2. The number of benzene rings is 1. The number of hydrogen-bond acceptors (Lipinski definition) is 3. The number of H-pyrrole nitrogens is 1. The van der Waals surface area contributed by atoms with Crippen LogP contribution in [0.4, 0.5) is 0 Å². The van der Waals surface area contributed by atoms with E-state index in [0.29, 0.717) is 25.1 Å². The third-order valence-corrected chi connectivity index (χ3v) is 4.59. The first kappa shape index (κ1) is 16.2. The fraction of sp³-hybridized carbons (Fsp3) is 0.389. The Balaban J connectivity index is 1.69. The van der Waals surface area contributed by atoms with Gasteiger partial charge < -0.3 is 10.2 Å². The van der Waals surface area contributed by atoms with Crippen molar-refractivity contribution in [3.8, 4) is 11.3 Å². The van der Waals surface area contributed by atoms with E-state index >= 15 is 0 Å². The topological polar surface area (TPSA) is 78.1 Å². The van der Waals surface area contributed by atoms with Crippen LogP contribution in [-0.2, 0) is 4.79 Å². The number of nitrogens with zero attached hydrogens (tertiary/aromatic N) is 2. The Hall–Kier alpha value is -2.63. The van der Waals surface area contributed by atoms with Crippen LogP contribution in [0.5, 0.6) is 0 Å². The molecule has 1 aromatic carbocycles. The van der Waals surface area contributed by atoms with Gasteiger partial charge in [0.15, 0.2) is 0 Å². The maximum atomic E-state index is 12.4. The summed E-state index contributed by atoms with van der Waals surface area (Å²) in [7, 11) is 1.76. The monoisotopic (exact) mass is 326 g/mol. The van der Waals surface area contributed by atoms with Gasteiger partial charge in [0.2, 0.25) is 5.91 Å². The van der Waals surface area contributed by atoms with Crippen LogP contribution in [0.25, 0.3) is 11.3 Å². The van der Waals surface area contributed by atoms with Gasteiger partial charge in [-0.1, -0.05) is 12.1 Å². The minimum atomic E-state index is -0.190. The van der Waals surface area contributed by atoms with Crippen LogP contribution in [-0.4, -0.2) is 46.5 Å². The van der Waals surface area contributed by atoms with Crippen LogP contribution in [0.3, 0.4) is 0 Å². The molecule has 2 N–H and O–H groups in total. The molecule has 1 aliphatic heterocycles. The molecule has 2 amide bonds. The Kier molecular flexibility index (Phi) is 4.38. The van der Waals surface area contributed by atoms with Crippen molar-refractivity contribution in [3.05, 3.63) is 41.1 Å². The average molecular weight is 326 g/mol. The number of likely N-dealkylation sites (tertiary alicyclic amines) is 1. The van der Waals surface area contributed by atoms with Crippen LogP contribution in [0.1, 0.15) is 34.5 Å². The van der Waals surface area contributed by atoms with Crippen molar-refractivity contribution in [1.82, 2.24) is 20.4 Å². The summed E-state index contributed by atoms with van der Waals surface area (Å²) in [5.41, 5.74) is 4.58. The zero-order chi connectivity index (χ0) is 17.3. The normalized spacial score (nSPS) is 17.9. The first-order chi connectivity index (χ1) is 11.4. The van der Waals surface area contributed by atoms with Gasteiger partial charge in [0.05, 0.1) is 5.69 Å². The lowest BCUT2D eigenvalue weighted by Crippen LogP contribution is -2.48. The molecule has 1 fully saturated rings. The molecule has 6 heteroatoms. The average Bonchev–Trinajstić information content (AvgIpc) is 3.04. The number of aromatic nitrogens is 2. The number of carbonyl (C=O) groups is 2. The summed E-state index contributed by atoms with van der Waals surface area (Å²) in [6, 6.07) is 7.86. The molecule has 0 aliphatic carbocycles. The molecule has 1 atom stereocenters. The van der Waals surface area contributed by atoms with Crippen LogP contribution < -0.4 is 5.32 Å². The molecule has 1 saturated heterocycles. The molecular weight excluding hydrogens is 304 g/mol. The summed E-state index contributed by atoms with van der Waals surface area (Å²) in [6.45, 7) is 4.66. The third kappa shape index (κ3) is 3.32. The van der Waals surface area contributed by atoms with E-state index in [9.17, 15) is 9.59 Å². The van der Waals surface area contributed by atoms with Gasteiger partial charge in [0, 0.05) is 31.6 Å². The predicted molar refractivity (Wildman–Crippen MR) is 91.6 cm³/mol. The van der Waals surface area contributed by atoms with Crippen molar-refractivity contribution < 1.29 is 9.59 Å². The van der Waals surface area contributed by atoms with E-state index in [0.717, 1.165) is 11.3 Å². The number of hydrogen-bond donors (Lipinski definition) is 2. The highest BCUT2D eigenvalue weighted by atomic mass is 16.2. The number of piperidine rings is 1. The molecule has 6 nitrogen and oxygen atoms in total. The highest BCUT2D eigenvalue weighted by molar-refractivity contribution is 5.93. The Morgan fingerprint density at radius 3 is 2.79 bits per heavy atom. The van der Waals surface area contributed by atoms with Gasteiger partial charge in [0.1, 0.15) is 5.69 Å². The summed E-state index contributed by atoms with van der Waals surface area (Å²) in [5.74, 6) is -0.0654. The van der Waals surface area contributed by atoms with Gasteiger partial charge in [-0.05, 0) is 43.5 Å². The number of likely N-dealkylation sites (N-methyl/N-ethyl adjacent to an activating group) is 1. The van der Waals surface area contributed by atoms with Crippen LogP contribution in [0.2, 0.25) is 0 Å². The van der Waals surface area contributed by atoms with E-state index in [2.05, 4.69) is 35.4 Å². The highest BCUT2D eigenvalue weighted by Gasteiger charge is 2.24. The molecular formula is C18H22N4O2. The Labute approximate surface area is 141 Å². The van der Waals surface area contributed by atoms with Crippen molar-refractivity contribution in [1.29, 1.82) is 0 Å². The minimum Gasteiger partial charge on any atom is -0.346 e. The van der Waals surface area contributed by atoms with Gasteiger partial charge in [-0.15, -0.1) is 0 Å².